The van der Waals surface area contributed by atoms with Crippen molar-refractivity contribution in [2.24, 2.45) is 4.99 Å². The zero-order chi connectivity index (χ0) is 35.7. The minimum atomic E-state index is -1.47. The molecule has 9 rings (SSSR count). The SMILES string of the molecule is CC(c1ccccc1)c1cc(-c2[c-]cccc2)ncc1[Si](C)(C)C.[Ir].[c-]1ccc2c(oc3ccccc32)c1C1=Nc2ccccc2C1c1ccccc1. The Labute approximate surface area is 326 Å². The molecule has 1 radical (unpaired) electrons. The average Bonchev–Trinajstić information content (AvgIpc) is 3.77. The second-order valence-electron chi connectivity index (χ2n) is 14.4. The molecular weight excluding hydrogens is 841 g/mol. The summed E-state index contributed by atoms with van der Waals surface area (Å²) in [5.41, 5.74) is 12.0. The third-order valence-electron chi connectivity index (χ3n) is 9.98. The number of aromatic nitrogens is 1. The molecule has 1 aliphatic heterocycles. The molecule has 0 spiro atoms. The molecule has 2 unspecified atom stereocenters. The third-order valence-corrected chi connectivity index (χ3v) is 12.0. The molecule has 3 nitrogen and oxygen atoms in total. The minimum Gasteiger partial charge on any atom is -0.501 e. The monoisotopic (exact) mass is 881 g/mol. The van der Waals surface area contributed by atoms with E-state index in [1.54, 1.807) is 0 Å². The van der Waals surface area contributed by atoms with Crippen molar-refractivity contribution in [1.29, 1.82) is 0 Å². The van der Waals surface area contributed by atoms with Gasteiger partial charge in [0.15, 0.2) is 0 Å². The Morgan fingerprint density at radius 2 is 1.40 bits per heavy atom. The van der Waals surface area contributed by atoms with Crippen molar-refractivity contribution in [3.8, 4) is 11.3 Å². The number of benzene rings is 6. The molecule has 0 saturated carbocycles. The fourth-order valence-electron chi connectivity index (χ4n) is 7.32. The second kappa shape index (κ2) is 15.4. The zero-order valence-corrected chi connectivity index (χ0v) is 33.7. The van der Waals surface area contributed by atoms with Gasteiger partial charge in [-0.1, -0.05) is 141 Å². The van der Waals surface area contributed by atoms with Gasteiger partial charge in [-0.2, -0.15) is 0 Å². The largest absolute Gasteiger partial charge is 0.501 e. The first kappa shape index (κ1) is 36.2. The van der Waals surface area contributed by atoms with E-state index in [1.807, 2.05) is 54.6 Å². The predicted octanol–water partition coefficient (Wildman–Crippen LogP) is 11.9. The molecule has 0 amide bonds. The number of hydrogen-bond donors (Lipinski definition) is 0. The first-order valence-electron chi connectivity index (χ1n) is 17.9. The quantitative estimate of drug-likeness (QED) is 0.123. The summed E-state index contributed by atoms with van der Waals surface area (Å²) < 4.78 is 6.27. The minimum absolute atomic E-state index is 0. The summed E-state index contributed by atoms with van der Waals surface area (Å²) in [5.74, 6) is 0.436. The van der Waals surface area contributed by atoms with E-state index in [4.69, 9.17) is 14.4 Å². The molecule has 6 aromatic carbocycles. The number of para-hydroxylation sites is 2. The zero-order valence-electron chi connectivity index (χ0n) is 30.3. The van der Waals surface area contributed by atoms with Crippen LogP contribution in [0.1, 0.15) is 46.6 Å². The van der Waals surface area contributed by atoms with E-state index in [1.165, 1.54) is 27.4 Å². The van der Waals surface area contributed by atoms with Gasteiger partial charge in [0, 0.05) is 43.5 Å². The second-order valence-corrected chi connectivity index (χ2v) is 19.4. The topological polar surface area (TPSA) is 38.4 Å². The van der Waals surface area contributed by atoms with Gasteiger partial charge < -0.3 is 9.40 Å². The molecule has 3 heterocycles. The van der Waals surface area contributed by atoms with Crippen LogP contribution in [-0.2, 0) is 20.1 Å². The maximum Gasteiger partial charge on any atom is 0.120 e. The fraction of sp³-hybridized carbons (Fsp3) is 0.125. The number of rotatable bonds is 6. The van der Waals surface area contributed by atoms with Crippen LogP contribution in [0, 0.1) is 12.1 Å². The Kier molecular flexibility index (Phi) is 10.5. The number of fused-ring (bicyclic) bond motifs is 4. The molecule has 8 aromatic rings. The molecule has 2 atom stereocenters. The van der Waals surface area contributed by atoms with E-state index >= 15 is 0 Å². The van der Waals surface area contributed by atoms with Crippen LogP contribution < -0.4 is 5.19 Å². The van der Waals surface area contributed by atoms with E-state index < -0.39 is 8.07 Å². The number of furan rings is 1. The van der Waals surface area contributed by atoms with E-state index in [-0.39, 0.29) is 26.0 Å². The Morgan fingerprint density at radius 3 is 2.15 bits per heavy atom. The van der Waals surface area contributed by atoms with Crippen LogP contribution in [0.25, 0.3) is 33.2 Å². The summed E-state index contributed by atoms with van der Waals surface area (Å²) in [6, 6.07) is 58.9. The molecular formula is C48H40IrN2OSi-2. The normalized spacial score (nSPS) is 14.1. The molecule has 1 aliphatic rings. The van der Waals surface area contributed by atoms with Gasteiger partial charge in [0.1, 0.15) is 5.58 Å². The van der Waals surface area contributed by atoms with Crippen LogP contribution in [-0.4, -0.2) is 18.8 Å². The molecule has 0 N–H and O–H groups in total. The van der Waals surface area contributed by atoms with Gasteiger partial charge in [-0.3, -0.25) is 4.99 Å². The average molecular weight is 881 g/mol. The van der Waals surface area contributed by atoms with Crippen LogP contribution in [0.3, 0.4) is 0 Å². The van der Waals surface area contributed by atoms with Gasteiger partial charge >= 0.3 is 0 Å². The number of aliphatic imine (C=N–C) groups is 1. The van der Waals surface area contributed by atoms with Crippen LogP contribution in [0.5, 0.6) is 0 Å². The van der Waals surface area contributed by atoms with Crippen LogP contribution in [0.15, 0.2) is 167 Å². The van der Waals surface area contributed by atoms with Crippen molar-refractivity contribution >= 4 is 46.6 Å². The molecule has 0 aliphatic carbocycles. The van der Waals surface area contributed by atoms with Crippen molar-refractivity contribution < 1.29 is 24.5 Å². The fourth-order valence-corrected chi connectivity index (χ4v) is 8.92. The maximum atomic E-state index is 6.27. The Hall–Kier alpha value is -5.19. The molecule has 0 fully saturated rings. The maximum absolute atomic E-state index is 6.27. The van der Waals surface area contributed by atoms with E-state index in [9.17, 15) is 0 Å². The first-order chi connectivity index (χ1) is 25.4. The smallest absolute Gasteiger partial charge is 0.120 e. The summed E-state index contributed by atoms with van der Waals surface area (Å²) in [5, 5.41) is 3.67. The summed E-state index contributed by atoms with van der Waals surface area (Å²) in [6.07, 6.45) is 2.11. The van der Waals surface area contributed by atoms with Gasteiger partial charge in [0.05, 0.1) is 19.3 Å². The summed E-state index contributed by atoms with van der Waals surface area (Å²) in [4.78, 5) is 9.78. The van der Waals surface area contributed by atoms with Gasteiger partial charge in [0.25, 0.3) is 0 Å². The summed E-state index contributed by atoms with van der Waals surface area (Å²) >= 11 is 0. The standard InChI is InChI=1S/C26H16NO.C22H24NSi.Ir/c1-2-9-17(10-3-1)24-20-12-4-6-15-22(20)27-25(24)21-14-8-13-19-18-11-5-7-16-23(18)28-26(19)21;1-17(18-11-7-5-8-12-18)20-15-21(19-13-9-6-10-14-19)23-16-22(20)24(2,3)4;/h1-13,15-16,24H;5-13,15-17H,1-4H3;/q2*-1;. The van der Waals surface area contributed by atoms with Gasteiger partial charge in [-0.25, -0.2) is 0 Å². The van der Waals surface area contributed by atoms with Crippen LogP contribution in [0.2, 0.25) is 19.6 Å². The van der Waals surface area contributed by atoms with Gasteiger partial charge in [-0.15, -0.1) is 54.1 Å². The summed E-state index contributed by atoms with van der Waals surface area (Å²) in [6.45, 7) is 9.46. The number of nitrogens with zero attached hydrogens (tertiary/aromatic N) is 2. The molecule has 2 aromatic heterocycles. The Bertz CT molecular complexity index is 2520. The third kappa shape index (κ3) is 7.26. The van der Waals surface area contributed by atoms with Gasteiger partial charge in [-0.05, 0) is 51.0 Å². The molecule has 53 heavy (non-hydrogen) atoms. The van der Waals surface area contributed by atoms with Gasteiger partial charge in [0.2, 0.25) is 0 Å². The Balaban J connectivity index is 0.000000163. The number of hydrogen-bond acceptors (Lipinski definition) is 3. The van der Waals surface area contributed by atoms with Crippen molar-refractivity contribution in [3.63, 3.8) is 0 Å². The van der Waals surface area contributed by atoms with Crippen molar-refractivity contribution in [1.82, 2.24) is 4.98 Å². The number of pyridine rings is 1. The van der Waals surface area contributed by atoms with E-state index in [2.05, 4.69) is 142 Å². The van der Waals surface area contributed by atoms with Crippen molar-refractivity contribution in [2.45, 2.75) is 38.4 Å². The van der Waals surface area contributed by atoms with Crippen molar-refractivity contribution in [3.05, 3.63) is 198 Å². The molecule has 0 bridgehead atoms. The summed E-state index contributed by atoms with van der Waals surface area (Å²) in [7, 11) is -1.47. The molecule has 263 valence electrons. The van der Waals surface area contributed by atoms with Crippen LogP contribution in [0.4, 0.5) is 5.69 Å². The molecule has 0 saturated heterocycles. The predicted molar refractivity (Wildman–Crippen MR) is 219 cm³/mol. The van der Waals surface area contributed by atoms with Crippen LogP contribution >= 0.6 is 0 Å². The van der Waals surface area contributed by atoms with E-state index in [0.29, 0.717) is 5.92 Å². The first-order valence-corrected chi connectivity index (χ1v) is 21.4. The van der Waals surface area contributed by atoms with E-state index in [0.717, 1.165) is 50.2 Å². The van der Waals surface area contributed by atoms with Crippen molar-refractivity contribution in [2.75, 3.05) is 0 Å². The molecule has 5 heteroatoms. The Morgan fingerprint density at radius 1 is 0.698 bits per heavy atom.